The van der Waals surface area contributed by atoms with E-state index in [1.54, 1.807) is 6.92 Å². The molecule has 0 aliphatic heterocycles. The molecule has 0 aromatic heterocycles. The minimum atomic E-state index is -0.788. The minimum Gasteiger partial charge on any atom is -0.463 e. The molecule has 0 unspecified atom stereocenters. The Labute approximate surface area is 92.8 Å². The molecule has 0 aliphatic rings. The molecule has 0 bridgehead atoms. The summed E-state index contributed by atoms with van der Waals surface area (Å²) in [7, 11) is 0. The fraction of sp³-hybridized carbons (Fsp3) is 0.500. The van der Waals surface area contributed by atoms with Crippen molar-refractivity contribution in [3.63, 3.8) is 0 Å². The molecule has 0 saturated heterocycles. The number of ether oxygens (including phenoxy) is 2. The predicted octanol–water partition coefficient (Wildman–Crippen LogP) is -0.0520. The Morgan fingerprint density at radius 3 is 2.38 bits per heavy atom. The zero-order valence-corrected chi connectivity index (χ0v) is 8.97. The van der Waals surface area contributed by atoms with E-state index in [1.165, 1.54) is 6.08 Å². The van der Waals surface area contributed by atoms with Crippen LogP contribution in [0.25, 0.3) is 0 Å². The maximum atomic E-state index is 11.0. The Kier molecular flexibility index (Phi) is 7.70. The van der Waals surface area contributed by atoms with Crippen molar-refractivity contribution in [3.8, 4) is 0 Å². The quantitative estimate of drug-likeness (QED) is 0.391. The Hall–Kier alpha value is -1.69. The van der Waals surface area contributed by atoms with Gasteiger partial charge >= 0.3 is 17.9 Å². The van der Waals surface area contributed by atoms with E-state index in [9.17, 15) is 14.4 Å². The van der Waals surface area contributed by atoms with Crippen molar-refractivity contribution in [1.29, 1.82) is 0 Å². The summed E-state index contributed by atoms with van der Waals surface area (Å²) in [4.78, 5) is 32.6. The molecule has 0 aromatic carbocycles. The Balaban J connectivity index is 3.72. The van der Waals surface area contributed by atoms with Crippen LogP contribution in [0.5, 0.6) is 0 Å². The number of hydrogen-bond acceptors (Lipinski definition) is 6. The Morgan fingerprint density at radius 1 is 1.19 bits per heavy atom. The van der Waals surface area contributed by atoms with Crippen LogP contribution in [0.15, 0.2) is 12.2 Å². The summed E-state index contributed by atoms with van der Waals surface area (Å²) < 4.78 is 8.82. The standard InChI is InChI=1S/C10H14O6/c1-2-3-9(13)16-10(14)5-4-8(12)15-7-6-11/h2-3,11H,4-7H2,1H3. The molecule has 6 nitrogen and oxygen atoms in total. The van der Waals surface area contributed by atoms with Crippen LogP contribution in [0.2, 0.25) is 0 Å². The number of rotatable bonds is 6. The molecule has 90 valence electrons. The zero-order chi connectivity index (χ0) is 12.4. The van der Waals surface area contributed by atoms with Crippen LogP contribution in [-0.2, 0) is 23.9 Å². The zero-order valence-electron chi connectivity index (χ0n) is 8.97. The highest BCUT2D eigenvalue weighted by Gasteiger charge is 2.11. The van der Waals surface area contributed by atoms with Gasteiger partial charge in [-0.1, -0.05) is 6.08 Å². The van der Waals surface area contributed by atoms with E-state index in [4.69, 9.17) is 5.11 Å². The summed E-state index contributed by atoms with van der Waals surface area (Å²) in [5.41, 5.74) is 0. The molecule has 0 aromatic rings. The van der Waals surface area contributed by atoms with Crippen molar-refractivity contribution in [2.45, 2.75) is 19.8 Å². The molecule has 0 saturated carbocycles. The molecule has 0 radical (unpaired) electrons. The lowest BCUT2D eigenvalue weighted by atomic mass is 10.3. The normalized spacial score (nSPS) is 10.1. The molecular formula is C10H14O6. The second-order valence-electron chi connectivity index (χ2n) is 2.74. The molecule has 0 aliphatic carbocycles. The molecule has 0 rings (SSSR count). The van der Waals surface area contributed by atoms with Crippen molar-refractivity contribution in [3.05, 3.63) is 12.2 Å². The van der Waals surface area contributed by atoms with Gasteiger partial charge < -0.3 is 14.6 Å². The van der Waals surface area contributed by atoms with Gasteiger partial charge in [0.15, 0.2) is 0 Å². The molecule has 0 heterocycles. The average Bonchev–Trinajstić information content (AvgIpc) is 2.23. The van der Waals surface area contributed by atoms with Gasteiger partial charge in [0.2, 0.25) is 0 Å². The summed E-state index contributed by atoms with van der Waals surface area (Å²) in [6, 6.07) is 0. The first-order chi connectivity index (χ1) is 7.60. The summed E-state index contributed by atoms with van der Waals surface area (Å²) in [6.07, 6.45) is 2.13. The lowest BCUT2D eigenvalue weighted by molar-refractivity contribution is -0.158. The molecule has 0 amide bonds. The van der Waals surface area contributed by atoms with Gasteiger partial charge in [-0.15, -0.1) is 0 Å². The number of allylic oxidation sites excluding steroid dienone is 1. The van der Waals surface area contributed by atoms with E-state index in [1.807, 2.05) is 0 Å². The Morgan fingerprint density at radius 2 is 1.81 bits per heavy atom. The van der Waals surface area contributed by atoms with Crippen LogP contribution in [0.1, 0.15) is 19.8 Å². The first-order valence-electron chi connectivity index (χ1n) is 4.74. The van der Waals surface area contributed by atoms with Gasteiger partial charge in [-0.25, -0.2) is 4.79 Å². The number of carbonyl (C=O) groups excluding carboxylic acids is 3. The summed E-state index contributed by atoms with van der Waals surface area (Å²) in [6.45, 7) is 1.24. The van der Waals surface area contributed by atoms with Crippen molar-refractivity contribution in [2.75, 3.05) is 13.2 Å². The van der Waals surface area contributed by atoms with Gasteiger partial charge in [0, 0.05) is 6.08 Å². The third-order valence-corrected chi connectivity index (χ3v) is 1.40. The van der Waals surface area contributed by atoms with E-state index in [0.717, 1.165) is 6.08 Å². The third-order valence-electron chi connectivity index (χ3n) is 1.40. The van der Waals surface area contributed by atoms with Gasteiger partial charge in [-0.2, -0.15) is 0 Å². The predicted molar refractivity (Wildman–Crippen MR) is 53.2 cm³/mol. The van der Waals surface area contributed by atoms with Crippen LogP contribution in [0.3, 0.4) is 0 Å². The molecule has 6 heteroatoms. The fourth-order valence-electron chi connectivity index (χ4n) is 0.769. The molecule has 16 heavy (non-hydrogen) atoms. The highest BCUT2D eigenvalue weighted by molar-refractivity contribution is 5.92. The van der Waals surface area contributed by atoms with Gasteiger partial charge in [-0.05, 0) is 6.92 Å². The number of aliphatic hydroxyl groups is 1. The van der Waals surface area contributed by atoms with Crippen molar-refractivity contribution >= 4 is 17.9 Å². The maximum absolute atomic E-state index is 11.0. The van der Waals surface area contributed by atoms with Crippen molar-refractivity contribution < 1.29 is 29.0 Å². The largest absolute Gasteiger partial charge is 0.463 e. The molecule has 1 N–H and O–H groups in total. The maximum Gasteiger partial charge on any atom is 0.338 e. The summed E-state index contributed by atoms with van der Waals surface area (Å²) >= 11 is 0. The number of aliphatic hydroxyl groups excluding tert-OH is 1. The van der Waals surface area contributed by atoms with Crippen molar-refractivity contribution in [1.82, 2.24) is 0 Å². The van der Waals surface area contributed by atoms with Crippen LogP contribution < -0.4 is 0 Å². The number of hydrogen-bond donors (Lipinski definition) is 1. The highest BCUT2D eigenvalue weighted by atomic mass is 16.6. The minimum absolute atomic E-state index is 0.106. The van der Waals surface area contributed by atoms with E-state index >= 15 is 0 Å². The first kappa shape index (κ1) is 14.3. The molecule has 0 fully saturated rings. The topological polar surface area (TPSA) is 89.9 Å². The molecule has 0 atom stereocenters. The SMILES string of the molecule is CC=CC(=O)OC(=O)CCC(=O)OCCO. The second-order valence-corrected chi connectivity index (χ2v) is 2.74. The van der Waals surface area contributed by atoms with Crippen LogP contribution in [0.4, 0.5) is 0 Å². The van der Waals surface area contributed by atoms with E-state index in [2.05, 4.69) is 9.47 Å². The highest BCUT2D eigenvalue weighted by Crippen LogP contribution is 1.96. The van der Waals surface area contributed by atoms with Gasteiger partial charge in [0.05, 0.1) is 19.4 Å². The van der Waals surface area contributed by atoms with Crippen LogP contribution >= 0.6 is 0 Å². The van der Waals surface area contributed by atoms with Crippen LogP contribution in [0, 0.1) is 0 Å². The van der Waals surface area contributed by atoms with E-state index < -0.39 is 17.9 Å². The monoisotopic (exact) mass is 230 g/mol. The van der Waals surface area contributed by atoms with Crippen molar-refractivity contribution in [2.24, 2.45) is 0 Å². The van der Waals surface area contributed by atoms with E-state index in [-0.39, 0.29) is 26.1 Å². The fourth-order valence-corrected chi connectivity index (χ4v) is 0.769. The van der Waals surface area contributed by atoms with Gasteiger partial charge in [0.1, 0.15) is 6.61 Å². The van der Waals surface area contributed by atoms with Crippen LogP contribution in [-0.4, -0.2) is 36.2 Å². The average molecular weight is 230 g/mol. The van der Waals surface area contributed by atoms with Gasteiger partial charge in [0.25, 0.3) is 0 Å². The number of carbonyl (C=O) groups is 3. The summed E-state index contributed by atoms with van der Waals surface area (Å²) in [5.74, 6) is -2.18. The van der Waals surface area contributed by atoms with Gasteiger partial charge in [-0.3, -0.25) is 9.59 Å². The third kappa shape index (κ3) is 7.69. The Bertz CT molecular complexity index is 281. The lowest BCUT2D eigenvalue weighted by Crippen LogP contribution is -2.14. The summed E-state index contributed by atoms with van der Waals surface area (Å²) in [5, 5.41) is 8.35. The van der Waals surface area contributed by atoms with E-state index in [0.29, 0.717) is 0 Å². The smallest absolute Gasteiger partial charge is 0.338 e. The first-order valence-corrected chi connectivity index (χ1v) is 4.74. The molecular weight excluding hydrogens is 216 g/mol. The lowest BCUT2D eigenvalue weighted by Gasteiger charge is -2.01. The second kappa shape index (κ2) is 8.60. The number of esters is 3. The molecule has 0 spiro atoms.